The van der Waals surface area contributed by atoms with Gasteiger partial charge in [0.2, 0.25) is 0 Å². The Morgan fingerprint density at radius 3 is 2.68 bits per heavy atom. The number of halogens is 1. The average Bonchev–Trinajstić information content (AvgIpc) is 3.17. The smallest absolute Gasteiger partial charge is 0.267 e. The van der Waals surface area contributed by atoms with Gasteiger partial charge in [0, 0.05) is 35.2 Å². The zero-order valence-electron chi connectivity index (χ0n) is 22.3. The SMILES string of the molecule is CCCN1c2cc(Cl)c(/C=C3/SC(=Nc4ccccc4)N(Cc4cccnc4)C3=O)cc2C(C)CC1(C)C. The highest BCUT2D eigenvalue weighted by molar-refractivity contribution is 8.18. The number of anilines is 1. The van der Waals surface area contributed by atoms with Crippen LogP contribution in [0.1, 0.15) is 63.1 Å². The first-order valence-corrected chi connectivity index (χ1v) is 14.3. The maximum atomic E-state index is 13.7. The summed E-state index contributed by atoms with van der Waals surface area (Å²) < 4.78 is 0. The number of hydrogen-bond acceptors (Lipinski definition) is 5. The van der Waals surface area contributed by atoms with Crippen molar-refractivity contribution in [3.05, 3.63) is 93.6 Å². The molecule has 2 aromatic carbocycles. The number of carbonyl (C=O) groups excluding carboxylic acids is 1. The Morgan fingerprint density at radius 1 is 1.18 bits per heavy atom. The highest BCUT2D eigenvalue weighted by atomic mass is 35.5. The number of hydrogen-bond donors (Lipinski definition) is 0. The van der Waals surface area contributed by atoms with Crippen molar-refractivity contribution in [3.8, 4) is 0 Å². The van der Waals surface area contributed by atoms with Crippen LogP contribution in [-0.4, -0.2) is 33.0 Å². The molecule has 1 atom stereocenters. The first-order valence-electron chi connectivity index (χ1n) is 13.1. The van der Waals surface area contributed by atoms with Gasteiger partial charge in [-0.1, -0.05) is 49.7 Å². The van der Waals surface area contributed by atoms with E-state index >= 15 is 0 Å². The number of nitrogens with zero attached hydrogens (tertiary/aromatic N) is 4. The Labute approximate surface area is 234 Å². The van der Waals surface area contributed by atoms with Crippen molar-refractivity contribution < 1.29 is 4.79 Å². The molecule has 1 unspecified atom stereocenters. The van der Waals surface area contributed by atoms with Crippen LogP contribution in [0, 0.1) is 0 Å². The third-order valence-corrected chi connectivity index (χ3v) is 8.50. The number of aromatic nitrogens is 1. The van der Waals surface area contributed by atoms with E-state index in [0.717, 1.165) is 36.2 Å². The average molecular weight is 545 g/mol. The molecule has 1 saturated heterocycles. The molecular weight excluding hydrogens is 512 g/mol. The van der Waals surface area contributed by atoms with Gasteiger partial charge in [0.05, 0.1) is 17.1 Å². The predicted molar refractivity (Wildman–Crippen MR) is 160 cm³/mol. The van der Waals surface area contributed by atoms with Gasteiger partial charge in [-0.15, -0.1) is 0 Å². The van der Waals surface area contributed by atoms with Gasteiger partial charge in [0.15, 0.2) is 5.17 Å². The Balaban J connectivity index is 1.53. The van der Waals surface area contributed by atoms with E-state index in [9.17, 15) is 4.79 Å². The molecule has 1 amide bonds. The van der Waals surface area contributed by atoms with Gasteiger partial charge in [-0.2, -0.15) is 0 Å². The third-order valence-electron chi connectivity index (χ3n) is 7.17. The second kappa shape index (κ2) is 11.0. The number of rotatable bonds is 6. The molecule has 1 aromatic heterocycles. The van der Waals surface area contributed by atoms with Crippen molar-refractivity contribution in [1.82, 2.24) is 9.88 Å². The van der Waals surface area contributed by atoms with Gasteiger partial charge in [-0.25, -0.2) is 4.99 Å². The zero-order chi connectivity index (χ0) is 26.9. The van der Waals surface area contributed by atoms with Crippen molar-refractivity contribution in [1.29, 1.82) is 0 Å². The van der Waals surface area contributed by atoms with Crippen LogP contribution < -0.4 is 4.90 Å². The summed E-state index contributed by atoms with van der Waals surface area (Å²) in [7, 11) is 0. The van der Waals surface area contributed by atoms with E-state index in [1.165, 1.54) is 23.0 Å². The topological polar surface area (TPSA) is 48.8 Å². The minimum Gasteiger partial charge on any atom is -0.366 e. The normalized spacial score (nSPS) is 20.9. The Morgan fingerprint density at radius 2 is 1.97 bits per heavy atom. The van der Waals surface area contributed by atoms with E-state index < -0.39 is 0 Å². The summed E-state index contributed by atoms with van der Waals surface area (Å²) in [6.45, 7) is 10.5. The Kier molecular flexibility index (Phi) is 7.64. The monoisotopic (exact) mass is 544 g/mol. The molecule has 3 aromatic rings. The minimum atomic E-state index is -0.0795. The zero-order valence-corrected chi connectivity index (χ0v) is 23.9. The lowest BCUT2D eigenvalue weighted by Crippen LogP contribution is -2.48. The van der Waals surface area contributed by atoms with Crippen molar-refractivity contribution in [3.63, 3.8) is 0 Å². The second-order valence-corrected chi connectivity index (χ2v) is 12.0. The molecule has 1 fully saturated rings. The fourth-order valence-corrected chi connectivity index (χ4v) is 6.64. The van der Waals surface area contributed by atoms with Gasteiger partial charge in [-0.05, 0) is 97.5 Å². The Bertz CT molecular complexity index is 1390. The maximum Gasteiger partial charge on any atom is 0.267 e. The molecule has 196 valence electrons. The number of aliphatic imine (C=N–C) groups is 1. The van der Waals surface area contributed by atoms with Crippen LogP contribution in [0.4, 0.5) is 11.4 Å². The molecule has 0 aliphatic carbocycles. The summed E-state index contributed by atoms with van der Waals surface area (Å²) in [6.07, 6.45) is 7.58. The van der Waals surface area contributed by atoms with Crippen molar-refractivity contribution in [2.24, 2.45) is 4.99 Å². The predicted octanol–water partition coefficient (Wildman–Crippen LogP) is 8.04. The molecule has 0 bridgehead atoms. The lowest BCUT2D eigenvalue weighted by molar-refractivity contribution is -0.122. The van der Waals surface area contributed by atoms with Crippen LogP contribution in [-0.2, 0) is 11.3 Å². The Hall–Kier alpha value is -3.09. The lowest BCUT2D eigenvalue weighted by Gasteiger charge is -2.47. The van der Waals surface area contributed by atoms with Crippen LogP contribution in [0.3, 0.4) is 0 Å². The van der Waals surface area contributed by atoms with E-state index in [2.05, 4.69) is 49.7 Å². The fourth-order valence-electron chi connectivity index (χ4n) is 5.44. The number of amidine groups is 1. The molecular formula is C31H33ClN4OS. The van der Waals surface area contributed by atoms with Crippen molar-refractivity contribution >= 4 is 51.9 Å². The van der Waals surface area contributed by atoms with Crippen molar-refractivity contribution in [2.75, 3.05) is 11.4 Å². The fraction of sp³-hybridized carbons (Fsp3) is 0.323. The van der Waals surface area contributed by atoms with E-state index in [1.54, 1.807) is 17.3 Å². The molecule has 0 N–H and O–H groups in total. The maximum absolute atomic E-state index is 13.7. The number of carbonyl (C=O) groups is 1. The van der Waals surface area contributed by atoms with Gasteiger partial charge >= 0.3 is 0 Å². The van der Waals surface area contributed by atoms with Crippen LogP contribution >= 0.6 is 23.4 Å². The summed E-state index contributed by atoms with van der Waals surface area (Å²) >= 11 is 8.27. The minimum absolute atomic E-state index is 0.0681. The third kappa shape index (κ3) is 5.38. The molecule has 2 aliphatic rings. The molecule has 0 saturated carbocycles. The van der Waals surface area contributed by atoms with E-state index in [0.29, 0.717) is 27.6 Å². The van der Waals surface area contributed by atoms with Gasteiger partial charge in [0.25, 0.3) is 5.91 Å². The summed E-state index contributed by atoms with van der Waals surface area (Å²) in [5, 5.41) is 1.30. The molecule has 0 radical (unpaired) electrons. The highest BCUT2D eigenvalue weighted by Gasteiger charge is 2.37. The lowest BCUT2D eigenvalue weighted by atomic mass is 9.79. The molecule has 5 nitrogen and oxygen atoms in total. The number of para-hydroxylation sites is 1. The number of amides is 1. The van der Waals surface area contributed by atoms with Crippen LogP contribution in [0.25, 0.3) is 6.08 Å². The second-order valence-electron chi connectivity index (χ2n) is 10.6. The number of benzene rings is 2. The first-order chi connectivity index (χ1) is 18.3. The largest absolute Gasteiger partial charge is 0.366 e. The summed E-state index contributed by atoms with van der Waals surface area (Å²) in [5.41, 5.74) is 5.18. The molecule has 5 rings (SSSR count). The van der Waals surface area contributed by atoms with Gasteiger partial charge in [-0.3, -0.25) is 14.7 Å². The quantitative estimate of drug-likeness (QED) is 0.295. The molecule has 2 aliphatic heterocycles. The van der Waals surface area contributed by atoms with Crippen LogP contribution in [0.5, 0.6) is 0 Å². The first kappa shape index (κ1) is 26.5. The summed E-state index contributed by atoms with van der Waals surface area (Å²) in [4.78, 5) is 27.5. The number of fused-ring (bicyclic) bond motifs is 1. The van der Waals surface area contributed by atoms with Crippen LogP contribution in [0.2, 0.25) is 5.02 Å². The van der Waals surface area contributed by atoms with E-state index in [-0.39, 0.29) is 11.4 Å². The summed E-state index contributed by atoms with van der Waals surface area (Å²) in [6, 6.07) is 17.8. The van der Waals surface area contributed by atoms with Crippen molar-refractivity contribution in [2.45, 2.75) is 58.5 Å². The number of thioether (sulfide) groups is 1. The standard InChI is InChI=1S/C31H33ClN4OS/c1-5-14-36-27-17-26(32)23(15-25(27)21(2)18-31(36,3)4)16-28-29(37)35(20-22-10-9-13-33-19-22)30(38-28)34-24-11-7-6-8-12-24/h6-13,15-17,19,21H,5,14,18,20H2,1-4H3/b28-16+,34-30?. The number of pyridine rings is 1. The highest BCUT2D eigenvalue weighted by Crippen LogP contribution is 2.46. The summed E-state index contributed by atoms with van der Waals surface area (Å²) in [5.74, 6) is 0.316. The van der Waals surface area contributed by atoms with E-state index in [4.69, 9.17) is 16.6 Å². The molecule has 0 spiro atoms. The molecule has 38 heavy (non-hydrogen) atoms. The van der Waals surface area contributed by atoms with Gasteiger partial charge in [0.1, 0.15) is 0 Å². The van der Waals surface area contributed by atoms with Crippen LogP contribution in [0.15, 0.2) is 76.9 Å². The molecule has 3 heterocycles. The van der Waals surface area contributed by atoms with E-state index in [1.807, 2.05) is 48.5 Å². The molecule has 7 heteroatoms. The van der Waals surface area contributed by atoms with Gasteiger partial charge < -0.3 is 4.90 Å².